The van der Waals surface area contributed by atoms with Crippen LogP contribution in [0, 0.1) is 0 Å². The van der Waals surface area contributed by atoms with E-state index in [9.17, 15) is 9.59 Å². The van der Waals surface area contributed by atoms with Crippen molar-refractivity contribution in [2.75, 3.05) is 0 Å². The number of carbonyl (C=O) groups excluding carboxylic acids is 2. The van der Waals surface area contributed by atoms with Gasteiger partial charge in [-0.15, -0.1) is 0 Å². The van der Waals surface area contributed by atoms with Crippen molar-refractivity contribution in [1.82, 2.24) is 4.98 Å². The summed E-state index contributed by atoms with van der Waals surface area (Å²) in [7, 11) is 0. The Morgan fingerprint density at radius 1 is 0.667 bits per heavy atom. The summed E-state index contributed by atoms with van der Waals surface area (Å²) in [5, 5.41) is -1.18. The molecule has 3 heterocycles. The Kier molecular flexibility index (Phi) is 9.44. The van der Waals surface area contributed by atoms with Gasteiger partial charge in [-0.1, -0.05) is 18.2 Å². The van der Waals surface area contributed by atoms with E-state index in [-0.39, 0.29) is 11.4 Å². The van der Waals surface area contributed by atoms with Crippen molar-refractivity contribution < 1.29 is 19.6 Å². The van der Waals surface area contributed by atoms with Crippen molar-refractivity contribution in [3.8, 4) is 0 Å². The highest BCUT2D eigenvalue weighted by atomic mass is 32.1. The molecule has 0 aliphatic carbocycles. The molecular weight excluding hydrogens is 342 g/mol. The van der Waals surface area contributed by atoms with E-state index in [0.717, 1.165) is 0 Å². The van der Waals surface area contributed by atoms with E-state index in [1.165, 1.54) is 18.2 Å². The molecule has 3 aromatic rings. The van der Waals surface area contributed by atoms with Gasteiger partial charge in [-0.2, -0.15) is 0 Å². The molecule has 24 heavy (non-hydrogen) atoms. The average Bonchev–Trinajstić information content (AvgIpc) is 2.65. The quantitative estimate of drug-likeness (QED) is 0.649. The maximum atomic E-state index is 10.6. The number of pyridine rings is 3. The molecule has 0 saturated carbocycles. The maximum Gasteiger partial charge on any atom is 0.166 e. The predicted molar refractivity (Wildman–Crippen MR) is 93.6 cm³/mol. The highest BCUT2D eigenvalue weighted by Crippen LogP contribution is 1.99. The van der Waals surface area contributed by atoms with E-state index in [1.807, 2.05) is 61.2 Å². The van der Waals surface area contributed by atoms with E-state index >= 15 is 0 Å². The molecule has 3 aromatic heterocycles. The topological polar surface area (TPSA) is 75.3 Å². The Hall–Kier alpha value is -2.77. The van der Waals surface area contributed by atoms with Crippen LogP contribution in [0.2, 0.25) is 0 Å². The van der Waals surface area contributed by atoms with Crippen molar-refractivity contribution in [3.63, 3.8) is 0 Å². The number of nitrogens with one attached hydrogen (secondary N) is 2. The fourth-order valence-electron chi connectivity index (χ4n) is 1.35. The van der Waals surface area contributed by atoms with E-state index < -0.39 is 10.2 Å². The highest BCUT2D eigenvalue weighted by Gasteiger charge is 1.96. The molecule has 0 atom stereocenters. The second kappa shape index (κ2) is 11.8. The zero-order chi connectivity index (χ0) is 17.6. The van der Waals surface area contributed by atoms with E-state index in [4.69, 9.17) is 0 Å². The number of H-pyrrole nitrogens is 2. The first-order chi connectivity index (χ1) is 11.6. The number of hydrogen-bond acceptors (Lipinski definition) is 5. The molecule has 0 amide bonds. The van der Waals surface area contributed by atoms with Gasteiger partial charge < -0.3 is 34.8 Å². The van der Waals surface area contributed by atoms with Crippen molar-refractivity contribution >= 4 is 35.5 Å². The van der Waals surface area contributed by atoms with Gasteiger partial charge in [0.25, 0.3) is 0 Å². The van der Waals surface area contributed by atoms with E-state index in [0.29, 0.717) is 0 Å². The lowest BCUT2D eigenvalue weighted by molar-refractivity contribution is -0.378. The number of aromatic amines is 2. The molecule has 0 saturated heterocycles. The molecule has 5 nitrogen and oxygen atoms in total. The molecule has 2 N–H and O–H groups in total. The Balaban J connectivity index is 0.000000200. The van der Waals surface area contributed by atoms with Gasteiger partial charge in [0.1, 0.15) is 0 Å². The first kappa shape index (κ1) is 19.3. The first-order valence-electron chi connectivity index (χ1n) is 6.83. The molecule has 7 heteroatoms. The largest absolute Gasteiger partial charge is 0.735 e. The monoisotopic (exact) mass is 357 g/mol. The van der Waals surface area contributed by atoms with Gasteiger partial charge in [0, 0.05) is 24.3 Å². The molecule has 0 radical (unpaired) electrons. The second-order valence-corrected chi connectivity index (χ2v) is 4.88. The molecule has 0 unspecified atom stereocenters. The molecule has 0 fully saturated rings. The number of aromatic nitrogens is 3. The SMILES string of the molecule is O=C([S-])c1cccc(C(=O)[S-])n1.c1cc[nH+]cc1.c1cc[nH+]cc1. The first-order valence-corrected chi connectivity index (χ1v) is 7.65. The lowest BCUT2D eigenvalue weighted by Gasteiger charge is -2.06. The Bertz CT molecular complexity index is 627. The van der Waals surface area contributed by atoms with Gasteiger partial charge in [0.05, 0.1) is 21.6 Å². The molecule has 0 aliphatic heterocycles. The predicted octanol–water partition coefficient (Wildman–Crippen LogP) is 1.46. The summed E-state index contributed by atoms with van der Waals surface area (Å²) in [6, 6.07) is 16.1. The fraction of sp³-hybridized carbons (Fsp3) is 0. The lowest BCUT2D eigenvalue weighted by atomic mass is 10.3. The Labute approximate surface area is 151 Å². The Morgan fingerprint density at radius 3 is 1.25 bits per heavy atom. The van der Waals surface area contributed by atoms with Crippen LogP contribution < -0.4 is 9.97 Å². The van der Waals surface area contributed by atoms with Crippen molar-refractivity contribution in [2.24, 2.45) is 0 Å². The summed E-state index contributed by atoms with van der Waals surface area (Å²) >= 11 is 8.69. The lowest BCUT2D eigenvalue weighted by Crippen LogP contribution is -2.03. The smallest absolute Gasteiger partial charge is 0.166 e. The third-order valence-electron chi connectivity index (χ3n) is 2.38. The standard InChI is InChI=1S/C7H5NO2S2.2C5H5N/c9-6(11)4-2-1-3-5(8-4)7(10)12;2*1-2-4-6-5-3-1/h1-3H,(H,9,11)(H,10,12);2*1-5H. The van der Waals surface area contributed by atoms with Crippen LogP contribution in [-0.4, -0.2) is 15.2 Å². The molecular formula is C17H15N3O2S2. The highest BCUT2D eigenvalue weighted by molar-refractivity contribution is 7.78. The van der Waals surface area contributed by atoms with Gasteiger partial charge in [-0.25, -0.2) is 15.0 Å². The third-order valence-corrected chi connectivity index (χ3v) is 2.80. The molecule has 0 aromatic carbocycles. The van der Waals surface area contributed by atoms with Crippen molar-refractivity contribution in [1.29, 1.82) is 0 Å². The minimum Gasteiger partial charge on any atom is -0.735 e. The van der Waals surface area contributed by atoms with Crippen LogP contribution in [0.5, 0.6) is 0 Å². The van der Waals surface area contributed by atoms with Gasteiger partial charge in [-0.05, 0) is 12.1 Å². The van der Waals surface area contributed by atoms with E-state index in [1.54, 1.807) is 0 Å². The van der Waals surface area contributed by atoms with Crippen LogP contribution in [0.1, 0.15) is 21.0 Å². The summed E-state index contributed by atoms with van der Waals surface area (Å²) < 4.78 is 0. The summed E-state index contributed by atoms with van der Waals surface area (Å²) in [4.78, 5) is 30.7. The van der Waals surface area contributed by atoms with E-state index in [2.05, 4.69) is 40.2 Å². The summed E-state index contributed by atoms with van der Waals surface area (Å²) in [5.74, 6) is 0. The number of nitrogens with zero attached hydrogens (tertiary/aromatic N) is 1. The molecule has 0 aliphatic rings. The van der Waals surface area contributed by atoms with Crippen molar-refractivity contribution in [3.05, 3.63) is 90.8 Å². The summed E-state index contributed by atoms with van der Waals surface area (Å²) in [6.07, 6.45) is 7.50. The zero-order valence-electron chi connectivity index (χ0n) is 12.6. The fourth-order valence-corrected chi connectivity index (χ4v) is 1.57. The molecule has 0 spiro atoms. The van der Waals surface area contributed by atoms with Gasteiger partial charge in [-0.3, -0.25) is 0 Å². The average molecular weight is 357 g/mol. The van der Waals surface area contributed by atoms with Gasteiger partial charge in [0.15, 0.2) is 24.8 Å². The number of hydrogen-bond donors (Lipinski definition) is 0. The van der Waals surface area contributed by atoms with Crippen molar-refractivity contribution in [2.45, 2.75) is 0 Å². The van der Waals surface area contributed by atoms with Crippen LogP contribution >= 0.6 is 0 Å². The number of carbonyl (C=O) groups is 2. The molecule has 0 bridgehead atoms. The second-order valence-electron chi connectivity index (χ2n) is 4.14. The molecule has 122 valence electrons. The minimum absolute atomic E-state index is 0.0840. The van der Waals surface area contributed by atoms with Crippen LogP contribution in [0.3, 0.4) is 0 Å². The van der Waals surface area contributed by atoms with Crippen LogP contribution in [0.4, 0.5) is 0 Å². The van der Waals surface area contributed by atoms with Gasteiger partial charge >= 0.3 is 0 Å². The maximum absolute atomic E-state index is 10.6. The Morgan fingerprint density at radius 2 is 1.04 bits per heavy atom. The van der Waals surface area contributed by atoms with Gasteiger partial charge in [0.2, 0.25) is 0 Å². The number of rotatable bonds is 2. The van der Waals surface area contributed by atoms with Crippen LogP contribution in [0.15, 0.2) is 79.4 Å². The third kappa shape index (κ3) is 8.62. The summed E-state index contributed by atoms with van der Waals surface area (Å²) in [6.45, 7) is 0. The normalized spacial score (nSPS) is 8.67. The van der Waals surface area contributed by atoms with Crippen LogP contribution in [0.25, 0.3) is 0 Å². The summed E-state index contributed by atoms with van der Waals surface area (Å²) in [5.41, 5.74) is 0.168. The molecule has 3 rings (SSSR count). The zero-order valence-corrected chi connectivity index (χ0v) is 14.2. The van der Waals surface area contributed by atoms with Crippen LogP contribution in [-0.2, 0) is 25.3 Å². The minimum atomic E-state index is -0.590.